The van der Waals surface area contributed by atoms with Crippen LogP contribution in [-0.4, -0.2) is 31.7 Å². The summed E-state index contributed by atoms with van der Waals surface area (Å²) in [5.41, 5.74) is 1.60. The molecule has 1 aliphatic carbocycles. The van der Waals surface area contributed by atoms with E-state index in [1.807, 2.05) is 0 Å². The number of aryl methyl sites for hydroxylation is 1. The molecule has 0 unspecified atom stereocenters. The van der Waals surface area contributed by atoms with Gasteiger partial charge in [0.1, 0.15) is 11.1 Å². The fourth-order valence-corrected chi connectivity index (χ4v) is 6.86. The van der Waals surface area contributed by atoms with Crippen molar-refractivity contribution in [1.82, 2.24) is 4.31 Å². The minimum Gasteiger partial charge on any atom is -0.312 e. The molecule has 1 saturated heterocycles. The van der Waals surface area contributed by atoms with E-state index in [1.54, 1.807) is 0 Å². The largest absolute Gasteiger partial charge is 0.312 e. The average Bonchev–Trinajstić information content (AvgIpc) is 3.29. The molecule has 0 bridgehead atoms. The van der Waals surface area contributed by atoms with Gasteiger partial charge >= 0.3 is 0 Å². The zero-order valence-corrected chi connectivity index (χ0v) is 18.1. The number of thiophene rings is 1. The van der Waals surface area contributed by atoms with E-state index in [9.17, 15) is 18.5 Å². The zero-order chi connectivity index (χ0) is 20.6. The molecular formula is C20H20ClN3O3S2. The second-order valence-corrected chi connectivity index (χ2v) is 10.7. The molecule has 1 amide bonds. The molecule has 0 radical (unpaired) electrons. The number of fused-ring (bicyclic) bond motifs is 1. The first kappa shape index (κ1) is 20.4. The Balaban J connectivity index is 1.63. The Morgan fingerprint density at radius 3 is 2.66 bits per heavy atom. The van der Waals surface area contributed by atoms with Gasteiger partial charge < -0.3 is 5.32 Å². The lowest BCUT2D eigenvalue weighted by atomic mass is 10.1. The summed E-state index contributed by atoms with van der Waals surface area (Å²) in [6.45, 7) is 0.970. The molecule has 0 spiro atoms. The van der Waals surface area contributed by atoms with Gasteiger partial charge in [-0.25, -0.2) is 8.42 Å². The molecule has 1 aromatic heterocycles. The second-order valence-electron chi connectivity index (χ2n) is 7.23. The Morgan fingerprint density at radius 2 is 1.93 bits per heavy atom. The zero-order valence-electron chi connectivity index (χ0n) is 15.7. The van der Waals surface area contributed by atoms with Crippen molar-refractivity contribution >= 4 is 43.9 Å². The number of nitriles is 1. The molecule has 152 valence electrons. The molecule has 1 N–H and O–H groups in total. The summed E-state index contributed by atoms with van der Waals surface area (Å²) in [6.07, 6.45) is 5.46. The van der Waals surface area contributed by atoms with E-state index in [1.165, 1.54) is 33.8 Å². The van der Waals surface area contributed by atoms with E-state index in [0.717, 1.165) is 49.0 Å². The predicted molar refractivity (Wildman–Crippen MR) is 113 cm³/mol. The average molecular weight is 450 g/mol. The normalized spacial score (nSPS) is 17.0. The summed E-state index contributed by atoms with van der Waals surface area (Å²) in [5.74, 6) is -0.512. The molecule has 29 heavy (non-hydrogen) atoms. The van der Waals surface area contributed by atoms with Crippen molar-refractivity contribution in [3.8, 4) is 6.07 Å². The first-order valence-electron chi connectivity index (χ1n) is 9.57. The maximum Gasteiger partial charge on any atom is 0.257 e. The molecule has 1 aromatic carbocycles. The first-order chi connectivity index (χ1) is 13.9. The highest BCUT2D eigenvalue weighted by Gasteiger charge is 2.28. The molecule has 2 heterocycles. The van der Waals surface area contributed by atoms with Crippen LogP contribution in [0.4, 0.5) is 5.00 Å². The van der Waals surface area contributed by atoms with Crippen LogP contribution in [0.1, 0.15) is 52.0 Å². The summed E-state index contributed by atoms with van der Waals surface area (Å²) in [4.78, 5) is 14.1. The smallest absolute Gasteiger partial charge is 0.257 e. The van der Waals surface area contributed by atoms with Crippen LogP contribution < -0.4 is 5.32 Å². The molecule has 4 rings (SSSR count). The van der Waals surface area contributed by atoms with Gasteiger partial charge in [0.15, 0.2) is 0 Å². The minimum absolute atomic E-state index is 0.0585. The number of sulfonamides is 1. The molecule has 1 aliphatic heterocycles. The van der Waals surface area contributed by atoms with E-state index in [4.69, 9.17) is 11.6 Å². The monoisotopic (exact) mass is 449 g/mol. The van der Waals surface area contributed by atoms with Crippen LogP contribution >= 0.6 is 22.9 Å². The number of carbonyl (C=O) groups is 1. The lowest BCUT2D eigenvalue weighted by Gasteiger charge is -2.26. The summed E-state index contributed by atoms with van der Waals surface area (Å²) in [6, 6.07) is 6.39. The minimum atomic E-state index is -3.67. The summed E-state index contributed by atoms with van der Waals surface area (Å²) >= 11 is 7.62. The van der Waals surface area contributed by atoms with Gasteiger partial charge in [0.2, 0.25) is 10.0 Å². The van der Waals surface area contributed by atoms with Crippen molar-refractivity contribution in [2.75, 3.05) is 18.4 Å². The van der Waals surface area contributed by atoms with E-state index in [-0.39, 0.29) is 15.5 Å². The maximum atomic E-state index is 12.9. The van der Waals surface area contributed by atoms with Crippen molar-refractivity contribution in [2.24, 2.45) is 0 Å². The Kier molecular flexibility index (Phi) is 5.67. The van der Waals surface area contributed by atoms with Gasteiger partial charge in [-0.1, -0.05) is 18.0 Å². The number of nitrogens with one attached hydrogen (secondary N) is 1. The summed E-state index contributed by atoms with van der Waals surface area (Å²) in [7, 11) is -3.67. The topological polar surface area (TPSA) is 90.3 Å². The highest BCUT2D eigenvalue weighted by molar-refractivity contribution is 7.89. The van der Waals surface area contributed by atoms with Crippen LogP contribution in [0.15, 0.2) is 23.1 Å². The van der Waals surface area contributed by atoms with Crippen LogP contribution in [0.2, 0.25) is 5.02 Å². The number of benzene rings is 1. The van der Waals surface area contributed by atoms with Crippen LogP contribution in [-0.2, 0) is 22.9 Å². The van der Waals surface area contributed by atoms with E-state index in [2.05, 4.69) is 11.4 Å². The fraction of sp³-hybridized carbons (Fsp3) is 0.400. The number of hydrogen-bond donors (Lipinski definition) is 1. The van der Waals surface area contributed by atoms with Crippen LogP contribution in [0.5, 0.6) is 0 Å². The van der Waals surface area contributed by atoms with Crippen molar-refractivity contribution in [2.45, 2.75) is 43.4 Å². The molecule has 2 aliphatic rings. The van der Waals surface area contributed by atoms with E-state index in [0.29, 0.717) is 23.7 Å². The molecule has 1 fully saturated rings. The van der Waals surface area contributed by atoms with Crippen LogP contribution in [0, 0.1) is 11.3 Å². The lowest BCUT2D eigenvalue weighted by Crippen LogP contribution is -2.35. The Labute approximate surface area is 179 Å². The Bertz CT molecular complexity index is 1110. The fourth-order valence-electron chi connectivity index (χ4n) is 3.87. The first-order valence-corrected chi connectivity index (χ1v) is 12.2. The van der Waals surface area contributed by atoms with Gasteiger partial charge in [0, 0.05) is 18.0 Å². The molecule has 2 aromatic rings. The van der Waals surface area contributed by atoms with Gasteiger partial charge in [0.05, 0.1) is 21.0 Å². The Hall–Kier alpha value is -1.92. The highest BCUT2D eigenvalue weighted by atomic mass is 35.5. The van der Waals surface area contributed by atoms with Crippen molar-refractivity contribution in [1.29, 1.82) is 5.26 Å². The third kappa shape index (κ3) is 3.80. The van der Waals surface area contributed by atoms with Gasteiger partial charge in [-0.05, 0) is 55.9 Å². The second kappa shape index (κ2) is 8.07. The molecule has 9 heteroatoms. The summed E-state index contributed by atoms with van der Waals surface area (Å²) < 4.78 is 27.3. The highest BCUT2D eigenvalue weighted by Crippen LogP contribution is 2.39. The maximum absolute atomic E-state index is 12.9. The summed E-state index contributed by atoms with van der Waals surface area (Å²) in [5, 5.41) is 12.9. The van der Waals surface area contributed by atoms with E-state index >= 15 is 0 Å². The third-order valence-corrected chi connectivity index (χ3v) is 8.83. The lowest BCUT2D eigenvalue weighted by molar-refractivity contribution is 0.102. The number of piperidine rings is 1. The van der Waals surface area contributed by atoms with Gasteiger partial charge in [-0.2, -0.15) is 9.57 Å². The number of rotatable bonds is 4. The van der Waals surface area contributed by atoms with Gasteiger partial charge in [0.25, 0.3) is 5.91 Å². The SMILES string of the molecule is N#Cc1c(NC(=O)c2cc(S(=O)(=O)N3CCCCC3)ccc2Cl)sc2c1CCC2. The third-order valence-electron chi connectivity index (χ3n) is 5.40. The standard InChI is InChI=1S/C20H20ClN3O3S2/c21-17-8-7-13(29(26,27)24-9-2-1-3-10-24)11-15(17)19(25)23-20-16(12-22)14-5-4-6-18(14)28-20/h7-8,11H,1-6,9-10H2,(H,23,25). The molecule has 0 atom stereocenters. The van der Waals surface area contributed by atoms with E-state index < -0.39 is 15.9 Å². The molecular weight excluding hydrogens is 430 g/mol. The number of carbonyl (C=O) groups excluding carboxylic acids is 1. The van der Waals surface area contributed by atoms with Crippen molar-refractivity contribution < 1.29 is 13.2 Å². The quantitative estimate of drug-likeness (QED) is 0.757. The number of nitrogens with zero attached hydrogens (tertiary/aromatic N) is 2. The van der Waals surface area contributed by atoms with Crippen molar-refractivity contribution in [3.63, 3.8) is 0 Å². The molecule has 0 saturated carbocycles. The van der Waals surface area contributed by atoms with Crippen molar-refractivity contribution in [3.05, 3.63) is 44.8 Å². The Morgan fingerprint density at radius 1 is 1.17 bits per heavy atom. The van der Waals surface area contributed by atoms with Crippen LogP contribution in [0.3, 0.4) is 0 Å². The van der Waals surface area contributed by atoms with Crippen LogP contribution in [0.25, 0.3) is 0 Å². The van der Waals surface area contributed by atoms with Gasteiger partial charge in [-0.3, -0.25) is 4.79 Å². The van der Waals surface area contributed by atoms with Gasteiger partial charge in [-0.15, -0.1) is 11.3 Å². The number of amides is 1. The predicted octanol–water partition coefficient (Wildman–Crippen LogP) is 4.19. The molecule has 6 nitrogen and oxygen atoms in total. The number of hydrogen-bond acceptors (Lipinski definition) is 5. The number of halogens is 1. The number of anilines is 1.